The zero-order valence-electron chi connectivity index (χ0n) is 13.5. The van der Waals surface area contributed by atoms with Crippen molar-refractivity contribution in [1.82, 2.24) is 0 Å². The number of aliphatic hydroxyl groups excluding tert-OH is 1. The Balaban J connectivity index is 1.63. The van der Waals surface area contributed by atoms with Gasteiger partial charge in [0.25, 0.3) is 0 Å². The smallest absolute Gasteiger partial charge is 0.142 e. The average Bonchev–Trinajstić information content (AvgIpc) is 3.13. The normalized spacial score (nSPS) is 17.0. The van der Waals surface area contributed by atoms with E-state index in [9.17, 15) is 0 Å². The van der Waals surface area contributed by atoms with Crippen molar-refractivity contribution in [2.24, 2.45) is 0 Å². The van der Waals surface area contributed by atoms with Crippen LogP contribution in [0.2, 0.25) is 5.02 Å². The number of anilines is 1. The number of hydrogen-bond donors (Lipinski definition) is 2. The van der Waals surface area contributed by atoms with Gasteiger partial charge in [0.2, 0.25) is 0 Å². The SMILES string of the molecule is OCc1ccc(CNc2cc(Cl)ccc2OCC2CCCO2)cc1. The number of aliphatic hydroxyl groups is 1. The molecular weight excluding hydrogens is 326 g/mol. The number of halogens is 1. The number of benzene rings is 2. The molecule has 5 heteroatoms. The van der Waals surface area contributed by atoms with E-state index < -0.39 is 0 Å². The molecule has 1 aliphatic heterocycles. The molecule has 1 saturated heterocycles. The van der Waals surface area contributed by atoms with Gasteiger partial charge in [0.1, 0.15) is 12.4 Å². The fourth-order valence-corrected chi connectivity index (χ4v) is 2.86. The van der Waals surface area contributed by atoms with Crippen LogP contribution in [0.4, 0.5) is 5.69 Å². The molecule has 1 fully saturated rings. The van der Waals surface area contributed by atoms with Crippen molar-refractivity contribution in [2.45, 2.75) is 32.1 Å². The maximum atomic E-state index is 9.10. The second kappa shape index (κ2) is 8.38. The highest BCUT2D eigenvalue weighted by atomic mass is 35.5. The minimum atomic E-state index is 0.0588. The summed E-state index contributed by atoms with van der Waals surface area (Å²) in [6, 6.07) is 13.4. The van der Waals surface area contributed by atoms with Crippen LogP contribution >= 0.6 is 11.6 Å². The molecule has 2 N–H and O–H groups in total. The first-order valence-corrected chi connectivity index (χ1v) is 8.59. The monoisotopic (exact) mass is 347 g/mol. The van der Waals surface area contributed by atoms with E-state index in [-0.39, 0.29) is 12.7 Å². The quantitative estimate of drug-likeness (QED) is 0.794. The summed E-state index contributed by atoms with van der Waals surface area (Å²) in [7, 11) is 0. The highest BCUT2D eigenvalue weighted by Gasteiger charge is 2.17. The predicted molar refractivity (Wildman–Crippen MR) is 95.6 cm³/mol. The molecule has 1 aliphatic rings. The Labute approximate surface area is 147 Å². The Morgan fingerprint density at radius 2 is 1.96 bits per heavy atom. The van der Waals surface area contributed by atoms with Gasteiger partial charge >= 0.3 is 0 Å². The fraction of sp³-hybridized carbons (Fsp3) is 0.368. The van der Waals surface area contributed by atoms with Crippen molar-refractivity contribution < 1.29 is 14.6 Å². The summed E-state index contributed by atoms with van der Waals surface area (Å²) in [5.74, 6) is 0.780. The highest BCUT2D eigenvalue weighted by Crippen LogP contribution is 2.29. The summed E-state index contributed by atoms with van der Waals surface area (Å²) in [6.45, 7) is 2.09. The fourth-order valence-electron chi connectivity index (χ4n) is 2.68. The van der Waals surface area contributed by atoms with Gasteiger partial charge in [-0.25, -0.2) is 0 Å². The van der Waals surface area contributed by atoms with Crippen LogP contribution in [0.5, 0.6) is 5.75 Å². The van der Waals surface area contributed by atoms with Gasteiger partial charge in [0.15, 0.2) is 0 Å². The van der Waals surface area contributed by atoms with Crippen LogP contribution < -0.4 is 10.1 Å². The van der Waals surface area contributed by atoms with Crippen LogP contribution in [0.15, 0.2) is 42.5 Å². The van der Waals surface area contributed by atoms with E-state index in [1.165, 1.54) is 0 Å². The third-order valence-corrected chi connectivity index (χ3v) is 4.31. The standard InChI is InChI=1S/C19H22ClNO3/c20-16-7-8-19(24-13-17-2-1-9-23-17)18(10-16)21-11-14-3-5-15(12-22)6-4-14/h3-8,10,17,21-22H,1-2,9,11-13H2. The number of ether oxygens (including phenoxy) is 2. The summed E-state index contributed by atoms with van der Waals surface area (Å²) < 4.78 is 11.5. The Bertz CT molecular complexity index is 654. The van der Waals surface area contributed by atoms with E-state index in [4.69, 9.17) is 26.2 Å². The molecule has 0 saturated carbocycles. The zero-order chi connectivity index (χ0) is 16.8. The molecule has 24 heavy (non-hydrogen) atoms. The minimum Gasteiger partial charge on any atom is -0.489 e. The van der Waals surface area contributed by atoms with Crippen LogP contribution in [-0.2, 0) is 17.9 Å². The van der Waals surface area contributed by atoms with E-state index in [1.54, 1.807) is 0 Å². The maximum Gasteiger partial charge on any atom is 0.142 e. The first-order valence-electron chi connectivity index (χ1n) is 8.21. The topological polar surface area (TPSA) is 50.7 Å². The van der Waals surface area contributed by atoms with Crippen molar-refractivity contribution in [2.75, 3.05) is 18.5 Å². The minimum absolute atomic E-state index is 0.0588. The molecule has 0 spiro atoms. The molecular formula is C19H22ClNO3. The molecule has 0 bridgehead atoms. The van der Waals surface area contributed by atoms with Gasteiger partial charge in [-0.3, -0.25) is 0 Å². The molecule has 2 aromatic rings. The summed E-state index contributed by atoms with van der Waals surface area (Å²) in [6.07, 6.45) is 2.33. The summed E-state index contributed by atoms with van der Waals surface area (Å²) >= 11 is 6.12. The van der Waals surface area contributed by atoms with Gasteiger partial charge in [-0.1, -0.05) is 35.9 Å². The maximum absolute atomic E-state index is 9.10. The van der Waals surface area contributed by atoms with Gasteiger partial charge in [-0.05, 0) is 42.2 Å². The number of hydrogen-bond acceptors (Lipinski definition) is 4. The Kier molecular flexibility index (Phi) is 5.96. The molecule has 0 aliphatic carbocycles. The van der Waals surface area contributed by atoms with Gasteiger partial charge in [0, 0.05) is 18.2 Å². The first kappa shape index (κ1) is 17.1. The van der Waals surface area contributed by atoms with E-state index in [2.05, 4.69) is 5.32 Å². The highest BCUT2D eigenvalue weighted by molar-refractivity contribution is 6.30. The van der Waals surface area contributed by atoms with Crippen molar-refractivity contribution in [1.29, 1.82) is 0 Å². The van der Waals surface area contributed by atoms with Crippen LogP contribution in [0.1, 0.15) is 24.0 Å². The van der Waals surface area contributed by atoms with E-state index in [1.807, 2.05) is 42.5 Å². The van der Waals surface area contributed by atoms with E-state index in [0.717, 1.165) is 42.0 Å². The van der Waals surface area contributed by atoms with Crippen molar-refractivity contribution in [3.8, 4) is 5.75 Å². The van der Waals surface area contributed by atoms with Gasteiger partial charge in [0.05, 0.1) is 18.4 Å². The van der Waals surface area contributed by atoms with Crippen LogP contribution in [0, 0.1) is 0 Å². The lowest BCUT2D eigenvalue weighted by Crippen LogP contribution is -2.17. The molecule has 1 atom stereocenters. The van der Waals surface area contributed by atoms with Gasteiger partial charge < -0.3 is 19.9 Å². The van der Waals surface area contributed by atoms with Crippen molar-refractivity contribution in [3.63, 3.8) is 0 Å². The average molecular weight is 348 g/mol. The zero-order valence-corrected chi connectivity index (χ0v) is 14.3. The molecule has 1 unspecified atom stereocenters. The molecule has 0 amide bonds. The molecule has 128 valence electrons. The second-order valence-electron chi connectivity index (χ2n) is 5.91. The third-order valence-electron chi connectivity index (χ3n) is 4.08. The number of nitrogens with one attached hydrogen (secondary N) is 1. The van der Waals surface area contributed by atoms with Crippen LogP contribution in [0.3, 0.4) is 0 Å². The predicted octanol–water partition coefficient (Wildman–Crippen LogP) is 4.00. The third kappa shape index (κ3) is 4.63. The Morgan fingerprint density at radius 3 is 2.67 bits per heavy atom. The lowest BCUT2D eigenvalue weighted by molar-refractivity contribution is 0.0682. The van der Waals surface area contributed by atoms with E-state index in [0.29, 0.717) is 18.2 Å². The summed E-state index contributed by atoms with van der Waals surface area (Å²) in [5.41, 5.74) is 2.89. The van der Waals surface area contributed by atoms with Crippen molar-refractivity contribution >= 4 is 17.3 Å². The first-order chi connectivity index (χ1) is 11.7. The molecule has 0 radical (unpaired) electrons. The van der Waals surface area contributed by atoms with Crippen LogP contribution in [0.25, 0.3) is 0 Å². The van der Waals surface area contributed by atoms with Crippen LogP contribution in [-0.4, -0.2) is 24.4 Å². The lowest BCUT2D eigenvalue weighted by Gasteiger charge is -2.16. The molecule has 4 nitrogen and oxygen atoms in total. The largest absolute Gasteiger partial charge is 0.489 e. The summed E-state index contributed by atoms with van der Waals surface area (Å²) in [4.78, 5) is 0. The Morgan fingerprint density at radius 1 is 1.17 bits per heavy atom. The van der Waals surface area contributed by atoms with Gasteiger partial charge in [-0.15, -0.1) is 0 Å². The number of rotatable bonds is 7. The van der Waals surface area contributed by atoms with E-state index >= 15 is 0 Å². The summed E-state index contributed by atoms with van der Waals surface area (Å²) in [5, 5.41) is 13.1. The van der Waals surface area contributed by atoms with Crippen molar-refractivity contribution in [3.05, 3.63) is 58.6 Å². The molecule has 1 heterocycles. The van der Waals surface area contributed by atoms with Gasteiger partial charge in [-0.2, -0.15) is 0 Å². The molecule has 2 aromatic carbocycles. The second-order valence-corrected chi connectivity index (χ2v) is 6.35. The Hall–Kier alpha value is -1.75. The lowest BCUT2D eigenvalue weighted by atomic mass is 10.1. The molecule has 0 aromatic heterocycles. The molecule has 3 rings (SSSR count).